The summed E-state index contributed by atoms with van der Waals surface area (Å²) in [5.74, 6) is 0.731. The van der Waals surface area contributed by atoms with Crippen LogP contribution in [0.15, 0.2) is 30.3 Å². The molecule has 0 N–H and O–H groups in total. The summed E-state index contributed by atoms with van der Waals surface area (Å²) in [4.78, 5) is 10.8. The molecule has 0 heterocycles. The van der Waals surface area contributed by atoms with E-state index in [1.807, 2.05) is 30.3 Å². The average Bonchev–Trinajstić information content (AvgIpc) is 2.06. The Balaban J connectivity index is 2.58. The quantitative estimate of drug-likeness (QED) is 0.626. The third-order valence-corrected chi connectivity index (χ3v) is 2.25. The maximum atomic E-state index is 10.8. The van der Waals surface area contributed by atoms with Crippen molar-refractivity contribution in [3.8, 4) is 5.75 Å². The first-order valence-corrected chi connectivity index (χ1v) is 4.69. The third-order valence-electron chi connectivity index (χ3n) is 1.38. The second kappa shape index (κ2) is 4.45. The standard InChI is InChI=1S/C9H9IO2/c1-7(9(10)11)12-8-5-3-2-4-6-8/h2-7H,1H3. The van der Waals surface area contributed by atoms with Crippen molar-refractivity contribution in [3.05, 3.63) is 30.3 Å². The van der Waals surface area contributed by atoms with Gasteiger partial charge in [-0.15, -0.1) is 0 Å². The molecule has 1 rings (SSSR count). The van der Waals surface area contributed by atoms with Gasteiger partial charge in [0, 0.05) is 22.6 Å². The molecule has 0 aliphatic rings. The summed E-state index contributed by atoms with van der Waals surface area (Å²) >= 11 is 1.73. The molecule has 3 heteroatoms. The minimum Gasteiger partial charge on any atom is -0.482 e. The molecular weight excluding hydrogens is 267 g/mol. The van der Waals surface area contributed by atoms with Gasteiger partial charge in [-0.2, -0.15) is 0 Å². The van der Waals surface area contributed by atoms with Crippen molar-refractivity contribution in [2.45, 2.75) is 13.0 Å². The van der Waals surface area contributed by atoms with Gasteiger partial charge in [0.05, 0.1) is 0 Å². The van der Waals surface area contributed by atoms with Gasteiger partial charge in [-0.1, -0.05) is 18.2 Å². The Labute approximate surface area is 85.1 Å². The van der Waals surface area contributed by atoms with E-state index in [1.165, 1.54) is 0 Å². The molecule has 0 aliphatic carbocycles. The van der Waals surface area contributed by atoms with Gasteiger partial charge in [0.2, 0.25) is 3.79 Å². The molecular formula is C9H9IO2. The largest absolute Gasteiger partial charge is 0.482 e. The highest BCUT2D eigenvalue weighted by Gasteiger charge is 2.09. The van der Waals surface area contributed by atoms with Crippen LogP contribution in [0.1, 0.15) is 6.92 Å². The summed E-state index contributed by atoms with van der Waals surface area (Å²) in [6.07, 6.45) is -0.368. The van der Waals surface area contributed by atoms with Crippen LogP contribution in [0.5, 0.6) is 5.75 Å². The lowest BCUT2D eigenvalue weighted by molar-refractivity contribution is -0.114. The average molecular weight is 276 g/mol. The van der Waals surface area contributed by atoms with Crippen molar-refractivity contribution in [1.82, 2.24) is 0 Å². The number of hydrogen-bond donors (Lipinski definition) is 0. The molecule has 12 heavy (non-hydrogen) atoms. The number of para-hydroxylation sites is 1. The van der Waals surface area contributed by atoms with E-state index in [0.717, 1.165) is 5.75 Å². The highest BCUT2D eigenvalue weighted by atomic mass is 127. The van der Waals surface area contributed by atoms with Crippen molar-refractivity contribution in [3.63, 3.8) is 0 Å². The first-order chi connectivity index (χ1) is 5.70. The molecule has 0 saturated heterocycles. The zero-order valence-corrected chi connectivity index (χ0v) is 8.82. The lowest BCUT2D eigenvalue weighted by atomic mass is 10.3. The first kappa shape index (κ1) is 9.51. The highest BCUT2D eigenvalue weighted by Crippen LogP contribution is 2.12. The van der Waals surface area contributed by atoms with Crippen LogP contribution in [-0.2, 0) is 4.79 Å². The molecule has 0 amide bonds. The molecule has 0 spiro atoms. The third kappa shape index (κ3) is 2.81. The van der Waals surface area contributed by atoms with Crippen molar-refractivity contribution in [2.75, 3.05) is 0 Å². The highest BCUT2D eigenvalue weighted by molar-refractivity contribution is 14.1. The van der Waals surface area contributed by atoms with E-state index >= 15 is 0 Å². The SMILES string of the molecule is CC(Oc1ccccc1)C(=O)I. The Morgan fingerprint density at radius 1 is 1.42 bits per heavy atom. The summed E-state index contributed by atoms with van der Waals surface area (Å²) in [6.45, 7) is 1.74. The van der Waals surface area contributed by atoms with Crippen LogP contribution in [0, 0.1) is 0 Å². The van der Waals surface area contributed by atoms with Gasteiger partial charge >= 0.3 is 0 Å². The van der Waals surface area contributed by atoms with Crippen LogP contribution >= 0.6 is 22.6 Å². The molecule has 2 nitrogen and oxygen atoms in total. The lowest BCUT2D eigenvalue weighted by Crippen LogP contribution is -2.18. The molecule has 0 fully saturated rings. The van der Waals surface area contributed by atoms with Crippen LogP contribution < -0.4 is 4.74 Å². The van der Waals surface area contributed by atoms with Crippen molar-refractivity contribution >= 4 is 26.4 Å². The van der Waals surface area contributed by atoms with Gasteiger partial charge < -0.3 is 4.74 Å². The number of halogens is 1. The Morgan fingerprint density at radius 2 is 2.00 bits per heavy atom. The fourth-order valence-electron chi connectivity index (χ4n) is 0.750. The van der Waals surface area contributed by atoms with Gasteiger partial charge in [0.1, 0.15) is 5.75 Å². The molecule has 0 saturated carbocycles. The van der Waals surface area contributed by atoms with E-state index < -0.39 is 0 Å². The fourth-order valence-corrected chi connectivity index (χ4v) is 0.877. The molecule has 1 aromatic rings. The van der Waals surface area contributed by atoms with Gasteiger partial charge in [-0.3, -0.25) is 4.79 Å². The van der Waals surface area contributed by atoms with E-state index in [1.54, 1.807) is 29.5 Å². The van der Waals surface area contributed by atoms with Crippen LogP contribution in [0.2, 0.25) is 0 Å². The van der Waals surface area contributed by atoms with Gasteiger partial charge in [-0.25, -0.2) is 0 Å². The van der Waals surface area contributed by atoms with E-state index in [0.29, 0.717) is 0 Å². The Bertz CT molecular complexity index is 258. The summed E-state index contributed by atoms with van der Waals surface area (Å²) in [5.41, 5.74) is 0. The van der Waals surface area contributed by atoms with Crippen LogP contribution in [-0.4, -0.2) is 9.89 Å². The molecule has 64 valence electrons. The van der Waals surface area contributed by atoms with Crippen molar-refractivity contribution in [1.29, 1.82) is 0 Å². The zero-order chi connectivity index (χ0) is 8.97. The predicted molar refractivity (Wildman–Crippen MR) is 55.6 cm³/mol. The summed E-state index contributed by atoms with van der Waals surface area (Å²) in [6, 6.07) is 9.31. The Morgan fingerprint density at radius 3 is 2.50 bits per heavy atom. The normalized spacial score (nSPS) is 12.2. The topological polar surface area (TPSA) is 26.3 Å². The predicted octanol–water partition coefficient (Wildman–Crippen LogP) is 2.42. The van der Waals surface area contributed by atoms with E-state index in [4.69, 9.17) is 4.74 Å². The maximum absolute atomic E-state index is 10.8. The van der Waals surface area contributed by atoms with Gasteiger partial charge in [0.15, 0.2) is 6.10 Å². The second-order valence-corrected chi connectivity index (χ2v) is 3.44. The summed E-state index contributed by atoms with van der Waals surface area (Å²) < 4.78 is 5.33. The molecule has 1 unspecified atom stereocenters. The number of hydrogen-bond acceptors (Lipinski definition) is 2. The number of ether oxygens (including phenoxy) is 1. The first-order valence-electron chi connectivity index (χ1n) is 3.61. The van der Waals surface area contributed by atoms with E-state index in [9.17, 15) is 4.79 Å². The Kier molecular flexibility index (Phi) is 3.52. The molecule has 1 atom stereocenters. The number of benzene rings is 1. The molecule has 0 aromatic heterocycles. The molecule has 0 aliphatic heterocycles. The van der Waals surface area contributed by atoms with Gasteiger partial charge in [0.25, 0.3) is 0 Å². The minimum atomic E-state index is -0.368. The van der Waals surface area contributed by atoms with E-state index in [-0.39, 0.29) is 9.89 Å². The van der Waals surface area contributed by atoms with Gasteiger partial charge in [-0.05, 0) is 19.1 Å². The molecule has 1 aromatic carbocycles. The zero-order valence-electron chi connectivity index (χ0n) is 6.66. The summed E-state index contributed by atoms with van der Waals surface area (Å²) in [5, 5.41) is 0. The smallest absolute Gasteiger partial charge is 0.232 e. The minimum absolute atomic E-state index is 0.0106. The summed E-state index contributed by atoms with van der Waals surface area (Å²) in [7, 11) is 0. The maximum Gasteiger partial charge on any atom is 0.232 e. The number of rotatable bonds is 3. The number of carbonyl (C=O) groups excluding carboxylic acids is 1. The van der Waals surface area contributed by atoms with E-state index in [2.05, 4.69) is 0 Å². The lowest BCUT2D eigenvalue weighted by Gasteiger charge is -2.09. The second-order valence-electron chi connectivity index (χ2n) is 2.38. The Hall–Kier alpha value is -0.580. The fraction of sp³-hybridized carbons (Fsp3) is 0.222. The van der Waals surface area contributed by atoms with Crippen LogP contribution in [0.4, 0.5) is 0 Å². The van der Waals surface area contributed by atoms with Crippen LogP contribution in [0.25, 0.3) is 0 Å². The van der Waals surface area contributed by atoms with Crippen LogP contribution in [0.3, 0.4) is 0 Å². The number of carbonyl (C=O) groups is 1. The van der Waals surface area contributed by atoms with Crippen molar-refractivity contribution in [2.24, 2.45) is 0 Å². The monoisotopic (exact) mass is 276 g/mol. The molecule has 0 radical (unpaired) electrons. The van der Waals surface area contributed by atoms with Crippen molar-refractivity contribution < 1.29 is 9.53 Å². The molecule has 0 bridgehead atoms.